The molecule has 1 aromatic heterocycles. The highest BCUT2D eigenvalue weighted by atomic mass is 32.2. The molecule has 1 aromatic carbocycles. The minimum absolute atomic E-state index is 0.0407. The van der Waals surface area contributed by atoms with Gasteiger partial charge in [-0.05, 0) is 74.6 Å². The van der Waals surface area contributed by atoms with Crippen LogP contribution in [-0.4, -0.2) is 22.7 Å². The van der Waals surface area contributed by atoms with Crippen molar-refractivity contribution in [1.29, 1.82) is 0 Å². The Morgan fingerprint density at radius 3 is 2.52 bits per heavy atom. The van der Waals surface area contributed by atoms with Crippen molar-refractivity contribution in [2.75, 3.05) is 11.4 Å². The Morgan fingerprint density at radius 1 is 1.32 bits per heavy atom. The molecule has 31 heavy (non-hydrogen) atoms. The molecule has 2 aromatic rings. The van der Waals surface area contributed by atoms with Crippen molar-refractivity contribution in [3.63, 3.8) is 0 Å². The molecule has 2 aliphatic carbocycles. The summed E-state index contributed by atoms with van der Waals surface area (Å²) in [6.07, 6.45) is 11.0. The number of nitrogens with one attached hydrogen (secondary N) is 1. The second kappa shape index (κ2) is 8.71. The zero-order chi connectivity index (χ0) is 22.2. The zero-order valence-corrected chi connectivity index (χ0v) is 19.2. The maximum Gasteiger partial charge on any atom is 0.331 e. The summed E-state index contributed by atoms with van der Waals surface area (Å²) in [6.45, 7) is 3.35. The van der Waals surface area contributed by atoms with E-state index < -0.39 is 22.4 Å². The summed E-state index contributed by atoms with van der Waals surface area (Å²) in [4.78, 5) is 19.4. The lowest BCUT2D eigenvalue weighted by Crippen LogP contribution is -2.27. The van der Waals surface area contributed by atoms with E-state index in [-0.39, 0.29) is 6.54 Å². The molecule has 0 spiro atoms. The standard InChI is InChI=1S/C22H25N4O3S2/c1-4-11-23-31(29)25-21(27)26(18-13-30-20(24-18)22(2,3)28)19-16-9-5-7-14(16)12-15-8-6-10-17(15)19/h1,12-13,28H,5-11H2,2-3H3,(H,23,25,27,29)/q-1. The maximum atomic E-state index is 13.4. The minimum Gasteiger partial charge on any atom is -0.429 e. The van der Waals surface area contributed by atoms with Gasteiger partial charge in [-0.25, -0.2) is 14.7 Å². The number of carbonyl (C=O) groups excluding carboxylic acids is 1. The van der Waals surface area contributed by atoms with Gasteiger partial charge in [0.1, 0.15) is 10.6 Å². The number of nitrogens with zero attached hydrogens (tertiary/aromatic N) is 3. The van der Waals surface area contributed by atoms with Gasteiger partial charge < -0.3 is 14.0 Å². The van der Waals surface area contributed by atoms with E-state index in [0.29, 0.717) is 10.8 Å². The van der Waals surface area contributed by atoms with Gasteiger partial charge in [-0.2, -0.15) is 0 Å². The van der Waals surface area contributed by atoms with Crippen LogP contribution in [0.15, 0.2) is 15.8 Å². The van der Waals surface area contributed by atoms with Crippen LogP contribution in [0.25, 0.3) is 0 Å². The summed E-state index contributed by atoms with van der Waals surface area (Å²) in [5.41, 5.74) is 4.51. The van der Waals surface area contributed by atoms with E-state index in [1.807, 2.05) is 0 Å². The number of benzene rings is 1. The largest absolute Gasteiger partial charge is 0.429 e. The predicted octanol–water partition coefficient (Wildman–Crippen LogP) is 3.89. The van der Waals surface area contributed by atoms with Crippen LogP contribution in [0.2, 0.25) is 0 Å². The second-order valence-electron chi connectivity index (χ2n) is 8.26. The molecule has 0 unspecified atom stereocenters. The summed E-state index contributed by atoms with van der Waals surface area (Å²) in [7, 11) is -1.96. The molecule has 2 amide bonds. The zero-order valence-electron chi connectivity index (χ0n) is 17.6. The Morgan fingerprint density at radius 2 is 1.97 bits per heavy atom. The molecule has 2 N–H and O–H groups in total. The normalized spacial score (nSPS) is 16.1. The van der Waals surface area contributed by atoms with E-state index in [2.05, 4.69) is 26.1 Å². The molecule has 9 heteroatoms. The number of amides is 2. The molecule has 0 saturated heterocycles. The van der Waals surface area contributed by atoms with Gasteiger partial charge in [0.15, 0.2) is 5.82 Å². The van der Waals surface area contributed by atoms with Crippen molar-refractivity contribution in [2.45, 2.75) is 58.0 Å². The maximum absolute atomic E-state index is 13.4. The summed E-state index contributed by atoms with van der Waals surface area (Å²) >= 11 is 1.28. The first-order valence-electron chi connectivity index (χ1n) is 10.3. The lowest BCUT2D eigenvalue weighted by molar-refractivity contribution is 0.0783. The lowest BCUT2D eigenvalue weighted by atomic mass is 9.98. The Labute approximate surface area is 188 Å². The van der Waals surface area contributed by atoms with E-state index in [9.17, 15) is 14.1 Å². The molecule has 2 aliphatic rings. The summed E-state index contributed by atoms with van der Waals surface area (Å²) < 4.78 is 18.6. The van der Waals surface area contributed by atoms with Crippen molar-refractivity contribution in [2.24, 2.45) is 4.36 Å². The summed E-state index contributed by atoms with van der Waals surface area (Å²) in [5.74, 6) is 2.71. The van der Waals surface area contributed by atoms with Crippen LogP contribution in [-0.2, 0) is 46.3 Å². The number of fused-ring (bicyclic) bond motifs is 2. The number of thiazole rings is 1. The van der Waals surface area contributed by atoms with Crippen LogP contribution in [0.5, 0.6) is 0 Å². The molecule has 0 bridgehead atoms. The molecule has 164 valence electrons. The molecular formula is C22H25N4O3S2-. The average molecular weight is 458 g/mol. The lowest BCUT2D eigenvalue weighted by Gasteiger charge is -2.26. The molecule has 0 saturated carbocycles. The van der Waals surface area contributed by atoms with E-state index in [1.165, 1.54) is 27.4 Å². The number of aromatic nitrogens is 1. The van der Waals surface area contributed by atoms with Gasteiger partial charge in [-0.15, -0.1) is 28.5 Å². The van der Waals surface area contributed by atoms with Crippen LogP contribution in [0.4, 0.5) is 16.3 Å². The molecule has 0 fully saturated rings. The molecule has 7 nitrogen and oxygen atoms in total. The van der Waals surface area contributed by atoms with Gasteiger partial charge >= 0.3 is 6.03 Å². The highest BCUT2D eigenvalue weighted by molar-refractivity contribution is 7.73. The average Bonchev–Trinajstić information content (AvgIpc) is 3.45. The van der Waals surface area contributed by atoms with E-state index in [4.69, 9.17) is 6.42 Å². The molecule has 1 heterocycles. The van der Waals surface area contributed by atoms with Crippen LogP contribution in [0, 0.1) is 12.3 Å². The van der Waals surface area contributed by atoms with Gasteiger partial charge in [0, 0.05) is 11.9 Å². The Kier molecular flexibility index (Phi) is 6.17. The SMILES string of the molecule is C#CCN/[S-](=O)=N\C(=O)N(c1csc(C(C)(C)O)n1)c1c2c(cc3c1CCC3)CCC2. The van der Waals surface area contributed by atoms with Crippen LogP contribution in [0.1, 0.15) is 54.0 Å². The fourth-order valence-electron chi connectivity index (χ4n) is 4.26. The number of carbonyl (C=O) groups is 1. The number of aliphatic hydroxyl groups is 1. The van der Waals surface area contributed by atoms with E-state index in [0.717, 1.165) is 55.3 Å². The summed E-state index contributed by atoms with van der Waals surface area (Å²) in [5, 5.41) is 12.6. The van der Waals surface area contributed by atoms with Gasteiger partial charge in [0.05, 0.1) is 5.69 Å². The van der Waals surface area contributed by atoms with Gasteiger partial charge in [0.2, 0.25) is 0 Å². The van der Waals surface area contributed by atoms with Crippen molar-refractivity contribution in [3.05, 3.63) is 38.7 Å². The third-order valence-corrected chi connectivity index (χ3v) is 7.42. The van der Waals surface area contributed by atoms with Gasteiger partial charge in [-0.3, -0.25) is 4.36 Å². The predicted molar refractivity (Wildman–Crippen MR) is 123 cm³/mol. The molecule has 0 aliphatic heterocycles. The third kappa shape index (κ3) is 4.39. The monoisotopic (exact) mass is 457 g/mol. The third-order valence-electron chi connectivity index (χ3n) is 5.56. The molecule has 0 atom stereocenters. The number of hydrogen-bond donors (Lipinski definition) is 2. The van der Waals surface area contributed by atoms with Crippen LogP contribution < -0.4 is 9.62 Å². The second-order valence-corrected chi connectivity index (χ2v) is 10.1. The smallest absolute Gasteiger partial charge is 0.331 e. The van der Waals surface area contributed by atoms with Crippen LogP contribution >= 0.6 is 11.3 Å². The first-order valence-corrected chi connectivity index (χ1v) is 12.3. The fraction of sp³-hybridized carbons (Fsp3) is 0.455. The van der Waals surface area contributed by atoms with Crippen molar-refractivity contribution in [3.8, 4) is 12.3 Å². The van der Waals surface area contributed by atoms with Gasteiger partial charge in [-0.1, -0.05) is 12.0 Å². The van der Waals surface area contributed by atoms with E-state index >= 15 is 0 Å². The highest BCUT2D eigenvalue weighted by Crippen LogP contribution is 2.44. The van der Waals surface area contributed by atoms with Crippen molar-refractivity contribution >= 4 is 39.7 Å². The van der Waals surface area contributed by atoms with E-state index in [1.54, 1.807) is 19.2 Å². The number of anilines is 2. The Hall–Kier alpha value is -2.25. The number of hydrogen-bond acceptors (Lipinski definition) is 6. The first kappa shape index (κ1) is 22.0. The molecule has 4 rings (SSSR count). The Bertz CT molecular complexity index is 1120. The first-order chi connectivity index (χ1) is 14.8. The minimum atomic E-state index is -1.96. The number of terminal acetylenes is 1. The molecule has 0 radical (unpaired) electrons. The summed E-state index contributed by atoms with van der Waals surface area (Å²) in [6, 6.07) is 1.62. The van der Waals surface area contributed by atoms with Crippen molar-refractivity contribution < 1.29 is 14.1 Å². The number of aryl methyl sites for hydroxylation is 2. The quantitative estimate of drug-likeness (QED) is 0.526. The van der Waals surface area contributed by atoms with Gasteiger partial charge in [0.25, 0.3) is 0 Å². The Balaban J connectivity index is 1.87. The highest BCUT2D eigenvalue weighted by Gasteiger charge is 2.32. The topological polar surface area (TPSA) is 94.9 Å². The molecular weight excluding hydrogens is 432 g/mol. The fourth-order valence-corrected chi connectivity index (χ4v) is 5.57. The van der Waals surface area contributed by atoms with Crippen molar-refractivity contribution in [1.82, 2.24) is 9.71 Å². The number of urea groups is 1. The number of rotatable bonds is 5. The van der Waals surface area contributed by atoms with Crippen LogP contribution in [0.3, 0.4) is 0 Å².